The van der Waals surface area contributed by atoms with Gasteiger partial charge < -0.3 is 5.11 Å². The molecule has 0 aliphatic heterocycles. The summed E-state index contributed by atoms with van der Waals surface area (Å²) in [4.78, 5) is 7.21. The lowest BCUT2D eigenvalue weighted by molar-refractivity contribution is 0.181. The highest BCUT2D eigenvalue weighted by Crippen LogP contribution is 2.34. The number of pyridine rings is 1. The van der Waals surface area contributed by atoms with Crippen LogP contribution in [0.15, 0.2) is 42.5 Å². The summed E-state index contributed by atoms with van der Waals surface area (Å²) in [5.41, 5.74) is 3.39. The van der Waals surface area contributed by atoms with Crippen molar-refractivity contribution < 1.29 is 5.11 Å². The Bertz CT molecular complexity index is 771. The molecule has 0 spiro atoms. The van der Waals surface area contributed by atoms with Gasteiger partial charge in [0, 0.05) is 27.3 Å². The lowest BCUT2D eigenvalue weighted by Gasteiger charge is -2.09. The Hall–Kier alpha value is -1.71. The van der Waals surface area contributed by atoms with Crippen molar-refractivity contribution in [1.29, 1.82) is 0 Å². The van der Waals surface area contributed by atoms with Crippen LogP contribution in [0.2, 0.25) is 0 Å². The van der Waals surface area contributed by atoms with Gasteiger partial charge in [-0.2, -0.15) is 0 Å². The highest BCUT2D eigenvalue weighted by molar-refractivity contribution is 7.12. The first kappa shape index (κ1) is 13.0. The molecule has 0 fully saturated rings. The molecule has 1 unspecified atom stereocenters. The first-order chi connectivity index (χ1) is 10.3. The zero-order chi connectivity index (χ0) is 14.2. The summed E-state index contributed by atoms with van der Waals surface area (Å²) in [5.74, 6) is 0. The molecule has 1 aliphatic carbocycles. The van der Waals surface area contributed by atoms with E-state index in [1.165, 1.54) is 29.7 Å². The topological polar surface area (TPSA) is 33.1 Å². The number of thiophene rings is 1. The molecule has 0 amide bonds. The number of aromatic nitrogens is 1. The summed E-state index contributed by atoms with van der Waals surface area (Å²) in [7, 11) is 0. The van der Waals surface area contributed by atoms with Gasteiger partial charge in [0.2, 0.25) is 0 Å². The number of nitrogens with zero attached hydrogens (tertiary/aromatic N) is 1. The van der Waals surface area contributed by atoms with Gasteiger partial charge >= 0.3 is 0 Å². The third kappa shape index (κ3) is 2.47. The maximum absolute atomic E-state index is 10.5. The normalized spacial score (nSPS) is 15.3. The smallest absolute Gasteiger partial charge is 0.0937 e. The first-order valence-corrected chi connectivity index (χ1v) is 8.25. The Morgan fingerprint density at radius 2 is 2.05 bits per heavy atom. The second kappa shape index (κ2) is 5.24. The fourth-order valence-corrected chi connectivity index (χ4v) is 4.28. The molecule has 3 aromatic rings. The number of fused-ring (bicyclic) bond motifs is 2. The second-order valence-electron chi connectivity index (χ2n) is 5.67. The van der Waals surface area contributed by atoms with Crippen molar-refractivity contribution in [3.8, 4) is 0 Å². The van der Waals surface area contributed by atoms with Gasteiger partial charge in [0.1, 0.15) is 0 Å². The van der Waals surface area contributed by atoms with Gasteiger partial charge in [0.25, 0.3) is 0 Å². The van der Waals surface area contributed by atoms with Crippen LogP contribution >= 0.6 is 11.3 Å². The monoisotopic (exact) mass is 295 g/mol. The van der Waals surface area contributed by atoms with E-state index in [0.29, 0.717) is 6.42 Å². The lowest BCUT2D eigenvalue weighted by atomic mass is 10.1. The number of hydrogen-bond acceptors (Lipinski definition) is 3. The highest BCUT2D eigenvalue weighted by atomic mass is 32.1. The van der Waals surface area contributed by atoms with Crippen molar-refractivity contribution in [2.45, 2.75) is 31.8 Å². The molecule has 1 aromatic carbocycles. The Labute approximate surface area is 128 Å². The Balaban J connectivity index is 1.58. The number of benzene rings is 1. The minimum atomic E-state index is -0.436. The SMILES string of the molecule is OC(Cc1ccc2ccccc2n1)c1cc2c(s1)CCC2. The van der Waals surface area contributed by atoms with E-state index >= 15 is 0 Å². The molecule has 1 N–H and O–H groups in total. The van der Waals surface area contributed by atoms with Crippen molar-refractivity contribution in [2.75, 3.05) is 0 Å². The van der Waals surface area contributed by atoms with Crippen molar-refractivity contribution in [3.05, 3.63) is 63.5 Å². The first-order valence-electron chi connectivity index (χ1n) is 7.44. The molecular formula is C18H17NOS. The van der Waals surface area contributed by atoms with Gasteiger partial charge in [0.15, 0.2) is 0 Å². The molecule has 2 nitrogen and oxygen atoms in total. The van der Waals surface area contributed by atoms with Crippen molar-refractivity contribution in [3.63, 3.8) is 0 Å². The van der Waals surface area contributed by atoms with Crippen LogP contribution in [0.25, 0.3) is 10.9 Å². The van der Waals surface area contributed by atoms with E-state index in [1.54, 1.807) is 11.3 Å². The molecule has 0 saturated carbocycles. The average molecular weight is 295 g/mol. The fraction of sp³-hybridized carbons (Fsp3) is 0.278. The summed E-state index contributed by atoms with van der Waals surface area (Å²) < 4.78 is 0. The van der Waals surface area contributed by atoms with Crippen LogP contribution in [0, 0.1) is 0 Å². The number of hydrogen-bond donors (Lipinski definition) is 1. The molecule has 1 aliphatic rings. The quantitative estimate of drug-likeness (QED) is 0.790. The van der Waals surface area contributed by atoms with Crippen LogP contribution in [0.3, 0.4) is 0 Å². The standard InChI is InChI=1S/C18H17NOS/c20-16(18-10-13-5-3-7-17(13)21-18)11-14-9-8-12-4-1-2-6-15(12)19-14/h1-2,4,6,8-10,16,20H,3,5,7,11H2. The molecular weight excluding hydrogens is 278 g/mol. The summed E-state index contributed by atoms with van der Waals surface area (Å²) in [6.07, 6.45) is 3.77. The zero-order valence-corrected chi connectivity index (χ0v) is 12.6. The van der Waals surface area contributed by atoms with Crippen LogP contribution < -0.4 is 0 Å². The highest BCUT2D eigenvalue weighted by Gasteiger charge is 2.19. The lowest BCUT2D eigenvalue weighted by Crippen LogP contribution is -2.01. The molecule has 4 rings (SSSR count). The molecule has 0 saturated heterocycles. The van der Waals surface area contributed by atoms with Gasteiger partial charge in [-0.3, -0.25) is 4.98 Å². The number of aryl methyl sites for hydroxylation is 2. The van der Waals surface area contributed by atoms with Gasteiger partial charge in [-0.05, 0) is 43.0 Å². The van der Waals surface area contributed by atoms with Crippen LogP contribution in [-0.4, -0.2) is 10.1 Å². The Morgan fingerprint density at radius 3 is 2.95 bits per heavy atom. The average Bonchev–Trinajstić information content (AvgIpc) is 3.08. The van der Waals surface area contributed by atoms with E-state index in [0.717, 1.165) is 21.5 Å². The number of rotatable bonds is 3. The van der Waals surface area contributed by atoms with Crippen LogP contribution in [0.1, 0.15) is 33.5 Å². The van der Waals surface area contributed by atoms with Crippen molar-refractivity contribution in [1.82, 2.24) is 4.98 Å². The Kier molecular flexibility index (Phi) is 3.24. The van der Waals surface area contributed by atoms with E-state index in [9.17, 15) is 5.11 Å². The van der Waals surface area contributed by atoms with Crippen LogP contribution in [-0.2, 0) is 19.3 Å². The van der Waals surface area contributed by atoms with E-state index < -0.39 is 6.10 Å². The maximum atomic E-state index is 10.5. The minimum absolute atomic E-state index is 0.436. The number of aliphatic hydroxyl groups is 1. The van der Waals surface area contributed by atoms with Crippen molar-refractivity contribution >= 4 is 22.2 Å². The molecule has 2 aromatic heterocycles. The molecule has 0 radical (unpaired) electrons. The predicted molar refractivity (Wildman–Crippen MR) is 86.8 cm³/mol. The van der Waals surface area contributed by atoms with Crippen LogP contribution in [0.5, 0.6) is 0 Å². The Morgan fingerprint density at radius 1 is 1.14 bits per heavy atom. The van der Waals surface area contributed by atoms with Gasteiger partial charge in [-0.1, -0.05) is 24.3 Å². The molecule has 1 atom stereocenters. The van der Waals surface area contributed by atoms with Crippen molar-refractivity contribution in [2.24, 2.45) is 0 Å². The second-order valence-corrected chi connectivity index (χ2v) is 6.83. The van der Waals surface area contributed by atoms with Gasteiger partial charge in [0.05, 0.1) is 11.6 Å². The van der Waals surface area contributed by atoms with E-state index in [-0.39, 0.29) is 0 Å². The molecule has 106 valence electrons. The van der Waals surface area contributed by atoms with Gasteiger partial charge in [-0.25, -0.2) is 0 Å². The molecule has 2 heterocycles. The molecule has 3 heteroatoms. The summed E-state index contributed by atoms with van der Waals surface area (Å²) in [5, 5.41) is 11.6. The van der Waals surface area contributed by atoms with E-state index in [1.807, 2.05) is 24.3 Å². The summed E-state index contributed by atoms with van der Waals surface area (Å²) in [6, 6.07) is 14.4. The summed E-state index contributed by atoms with van der Waals surface area (Å²) in [6.45, 7) is 0. The molecule has 0 bridgehead atoms. The maximum Gasteiger partial charge on any atom is 0.0937 e. The number of para-hydroxylation sites is 1. The number of aliphatic hydroxyl groups excluding tert-OH is 1. The largest absolute Gasteiger partial charge is 0.387 e. The van der Waals surface area contributed by atoms with Crippen LogP contribution in [0.4, 0.5) is 0 Å². The fourth-order valence-electron chi connectivity index (χ4n) is 3.04. The zero-order valence-electron chi connectivity index (χ0n) is 11.7. The third-order valence-electron chi connectivity index (χ3n) is 4.15. The third-order valence-corrected chi connectivity index (χ3v) is 5.49. The summed E-state index contributed by atoms with van der Waals surface area (Å²) >= 11 is 1.78. The minimum Gasteiger partial charge on any atom is -0.387 e. The van der Waals surface area contributed by atoms with E-state index in [2.05, 4.69) is 23.2 Å². The molecule has 21 heavy (non-hydrogen) atoms. The predicted octanol–water partition coefficient (Wildman–Crippen LogP) is 4.06. The van der Waals surface area contributed by atoms with E-state index in [4.69, 9.17) is 0 Å². The van der Waals surface area contributed by atoms with Gasteiger partial charge in [-0.15, -0.1) is 11.3 Å².